The zero-order valence-corrected chi connectivity index (χ0v) is 5.63. The standard InChI is InChI=1S/C6H12S/c1-6-4-2-3-5-7-6/h6H,2-5H2,1H3. The Morgan fingerprint density at radius 1 is 1.43 bits per heavy atom. The van der Waals surface area contributed by atoms with Gasteiger partial charge in [-0.25, -0.2) is 0 Å². The lowest BCUT2D eigenvalue weighted by Gasteiger charge is -2.15. The first-order chi connectivity index (χ1) is 3.39. The van der Waals surface area contributed by atoms with Crippen LogP contribution in [-0.2, 0) is 0 Å². The van der Waals surface area contributed by atoms with Crippen LogP contribution in [0.15, 0.2) is 0 Å². The van der Waals surface area contributed by atoms with Crippen molar-refractivity contribution < 1.29 is 0 Å². The van der Waals surface area contributed by atoms with Crippen LogP contribution in [0.2, 0.25) is 0 Å². The molecule has 0 spiro atoms. The topological polar surface area (TPSA) is 0 Å². The van der Waals surface area contributed by atoms with Gasteiger partial charge in [0.05, 0.1) is 0 Å². The molecule has 1 saturated heterocycles. The molecule has 1 heterocycles. The van der Waals surface area contributed by atoms with Gasteiger partial charge in [0.15, 0.2) is 0 Å². The Bertz CT molecular complexity index is 46.1. The van der Waals surface area contributed by atoms with Crippen LogP contribution in [0.3, 0.4) is 0 Å². The summed E-state index contributed by atoms with van der Waals surface area (Å²) in [6, 6.07) is 0. The Morgan fingerprint density at radius 2 is 2.29 bits per heavy atom. The SMILES string of the molecule is CC1CCCCS1. The Balaban J connectivity index is 2.12. The number of hydrogen-bond donors (Lipinski definition) is 0. The van der Waals surface area contributed by atoms with Gasteiger partial charge in [-0.2, -0.15) is 11.8 Å². The van der Waals surface area contributed by atoms with E-state index in [1.165, 1.54) is 25.0 Å². The molecular weight excluding hydrogens is 104 g/mol. The maximum Gasteiger partial charge on any atom is 0.00187 e. The second-order valence-electron chi connectivity index (χ2n) is 2.18. The lowest BCUT2D eigenvalue weighted by Crippen LogP contribution is -2.03. The summed E-state index contributed by atoms with van der Waals surface area (Å²) in [5.74, 6) is 1.40. The van der Waals surface area contributed by atoms with Gasteiger partial charge in [-0.1, -0.05) is 13.3 Å². The molecule has 0 N–H and O–H groups in total. The van der Waals surface area contributed by atoms with Crippen molar-refractivity contribution in [3.63, 3.8) is 0 Å². The second kappa shape index (κ2) is 2.61. The van der Waals surface area contributed by atoms with Crippen molar-refractivity contribution in [2.75, 3.05) is 5.75 Å². The molecule has 0 nitrogen and oxygen atoms in total. The number of thioether (sulfide) groups is 1. The maximum absolute atomic E-state index is 2.32. The van der Waals surface area contributed by atoms with Gasteiger partial charge in [-0.15, -0.1) is 0 Å². The van der Waals surface area contributed by atoms with E-state index in [0.717, 1.165) is 5.25 Å². The molecule has 0 aliphatic carbocycles. The third-order valence-electron chi connectivity index (χ3n) is 1.41. The molecule has 1 aliphatic heterocycles. The maximum atomic E-state index is 2.32. The van der Waals surface area contributed by atoms with Gasteiger partial charge in [-0.3, -0.25) is 0 Å². The highest BCUT2D eigenvalue weighted by Crippen LogP contribution is 2.23. The van der Waals surface area contributed by atoms with Crippen molar-refractivity contribution in [2.24, 2.45) is 0 Å². The first-order valence-electron chi connectivity index (χ1n) is 3.01. The Hall–Kier alpha value is 0.350. The molecule has 0 saturated carbocycles. The zero-order valence-electron chi connectivity index (χ0n) is 4.81. The highest BCUT2D eigenvalue weighted by atomic mass is 32.2. The van der Waals surface area contributed by atoms with Crippen LogP contribution < -0.4 is 0 Å². The van der Waals surface area contributed by atoms with Crippen LogP contribution in [0.1, 0.15) is 26.2 Å². The predicted molar refractivity (Wildman–Crippen MR) is 35.8 cm³/mol. The molecule has 1 heteroatoms. The third kappa shape index (κ3) is 1.72. The van der Waals surface area contributed by atoms with Gasteiger partial charge in [0, 0.05) is 5.25 Å². The molecule has 0 radical (unpaired) electrons. The van der Waals surface area contributed by atoms with E-state index < -0.39 is 0 Å². The fraction of sp³-hybridized carbons (Fsp3) is 1.00. The summed E-state index contributed by atoms with van der Waals surface area (Å²) in [5.41, 5.74) is 0. The van der Waals surface area contributed by atoms with Crippen molar-refractivity contribution in [3.05, 3.63) is 0 Å². The van der Waals surface area contributed by atoms with Crippen LogP contribution in [0.25, 0.3) is 0 Å². The molecule has 0 bridgehead atoms. The predicted octanol–water partition coefficient (Wildman–Crippen LogP) is 2.29. The first kappa shape index (κ1) is 5.49. The molecular formula is C6H12S. The van der Waals surface area contributed by atoms with E-state index in [1.54, 1.807) is 0 Å². The summed E-state index contributed by atoms with van der Waals surface area (Å²) in [5, 5.41) is 0.953. The summed E-state index contributed by atoms with van der Waals surface area (Å²) in [7, 11) is 0. The third-order valence-corrected chi connectivity index (χ3v) is 2.74. The summed E-state index contributed by atoms with van der Waals surface area (Å²) >= 11 is 2.12. The fourth-order valence-electron chi connectivity index (χ4n) is 0.902. The summed E-state index contributed by atoms with van der Waals surface area (Å²) in [6.07, 6.45) is 4.37. The highest BCUT2D eigenvalue weighted by Gasteiger charge is 2.06. The minimum absolute atomic E-state index is 0.953. The van der Waals surface area contributed by atoms with E-state index in [2.05, 4.69) is 18.7 Å². The number of rotatable bonds is 0. The Labute approximate surface area is 49.7 Å². The van der Waals surface area contributed by atoms with E-state index in [0.29, 0.717) is 0 Å². The van der Waals surface area contributed by atoms with E-state index in [9.17, 15) is 0 Å². The van der Waals surface area contributed by atoms with Gasteiger partial charge < -0.3 is 0 Å². The number of hydrogen-bond acceptors (Lipinski definition) is 1. The molecule has 7 heavy (non-hydrogen) atoms. The van der Waals surface area contributed by atoms with Gasteiger partial charge in [-0.05, 0) is 18.6 Å². The van der Waals surface area contributed by atoms with E-state index >= 15 is 0 Å². The molecule has 1 unspecified atom stereocenters. The Morgan fingerprint density at radius 3 is 2.57 bits per heavy atom. The summed E-state index contributed by atoms with van der Waals surface area (Å²) in [4.78, 5) is 0. The minimum atomic E-state index is 0.953. The van der Waals surface area contributed by atoms with Crippen LogP contribution in [0.5, 0.6) is 0 Å². The molecule has 0 aromatic carbocycles. The first-order valence-corrected chi connectivity index (χ1v) is 4.06. The van der Waals surface area contributed by atoms with Crippen molar-refractivity contribution >= 4 is 11.8 Å². The lowest BCUT2D eigenvalue weighted by atomic mass is 10.2. The molecule has 1 aliphatic rings. The zero-order chi connectivity index (χ0) is 5.11. The monoisotopic (exact) mass is 116 g/mol. The van der Waals surface area contributed by atoms with E-state index in [-0.39, 0.29) is 0 Å². The van der Waals surface area contributed by atoms with Gasteiger partial charge in [0.1, 0.15) is 0 Å². The second-order valence-corrected chi connectivity index (χ2v) is 3.72. The molecule has 42 valence electrons. The van der Waals surface area contributed by atoms with Crippen molar-refractivity contribution in [1.29, 1.82) is 0 Å². The molecule has 1 atom stereocenters. The van der Waals surface area contributed by atoms with Crippen molar-refractivity contribution in [2.45, 2.75) is 31.4 Å². The van der Waals surface area contributed by atoms with Gasteiger partial charge >= 0.3 is 0 Å². The molecule has 0 aromatic heterocycles. The smallest absolute Gasteiger partial charge is 0.00187 e. The molecule has 0 amide bonds. The molecule has 0 aromatic rings. The minimum Gasteiger partial charge on any atom is -0.159 e. The average molecular weight is 116 g/mol. The normalized spacial score (nSPS) is 33.0. The Kier molecular flexibility index (Phi) is 2.04. The van der Waals surface area contributed by atoms with Crippen LogP contribution in [-0.4, -0.2) is 11.0 Å². The van der Waals surface area contributed by atoms with Crippen LogP contribution in [0, 0.1) is 0 Å². The highest BCUT2D eigenvalue weighted by molar-refractivity contribution is 7.99. The summed E-state index contributed by atoms with van der Waals surface area (Å²) in [6.45, 7) is 2.32. The summed E-state index contributed by atoms with van der Waals surface area (Å²) < 4.78 is 0. The lowest BCUT2D eigenvalue weighted by molar-refractivity contribution is 0.693. The molecule has 1 rings (SSSR count). The van der Waals surface area contributed by atoms with Crippen LogP contribution >= 0.6 is 11.8 Å². The average Bonchev–Trinajstić information content (AvgIpc) is 1.69. The van der Waals surface area contributed by atoms with Crippen LogP contribution in [0.4, 0.5) is 0 Å². The van der Waals surface area contributed by atoms with E-state index in [1.807, 2.05) is 0 Å². The van der Waals surface area contributed by atoms with E-state index in [4.69, 9.17) is 0 Å². The van der Waals surface area contributed by atoms with Crippen molar-refractivity contribution in [1.82, 2.24) is 0 Å². The van der Waals surface area contributed by atoms with Gasteiger partial charge in [0.25, 0.3) is 0 Å². The molecule has 1 fully saturated rings. The van der Waals surface area contributed by atoms with Crippen molar-refractivity contribution in [3.8, 4) is 0 Å². The van der Waals surface area contributed by atoms with Gasteiger partial charge in [0.2, 0.25) is 0 Å². The largest absolute Gasteiger partial charge is 0.159 e. The fourth-order valence-corrected chi connectivity index (χ4v) is 2.01. The quantitative estimate of drug-likeness (QED) is 0.468.